The van der Waals surface area contributed by atoms with Crippen molar-refractivity contribution in [1.29, 1.82) is 0 Å². The van der Waals surface area contributed by atoms with Crippen molar-refractivity contribution in [3.8, 4) is 5.75 Å². The number of aromatic nitrogens is 2. The molecule has 1 aromatic heterocycles. The number of nitrogens with one attached hydrogen (secondary N) is 1. The van der Waals surface area contributed by atoms with Crippen LogP contribution in [0.3, 0.4) is 0 Å². The summed E-state index contributed by atoms with van der Waals surface area (Å²) in [6, 6.07) is 12.8. The fraction of sp³-hybridized carbons (Fsp3) is 0.345. The first-order chi connectivity index (χ1) is 19.1. The van der Waals surface area contributed by atoms with Crippen molar-refractivity contribution in [2.75, 3.05) is 11.9 Å². The molecule has 11 nitrogen and oxygen atoms in total. The Kier molecular flexibility index (Phi) is 10.3. The molecule has 2 heterocycles. The van der Waals surface area contributed by atoms with Gasteiger partial charge in [0.05, 0.1) is 22.9 Å². The SMILES string of the molecule is CCCCn1cc(C(=O)Nc2ccc(OC[C@H](ON3C(=O)c4ccccc4C3=O)C(=O)OC(C)(C)C)cc2)cn1.S. The zero-order chi connectivity index (χ0) is 28.9. The van der Waals surface area contributed by atoms with Crippen LogP contribution in [0, 0.1) is 0 Å². The molecule has 0 aliphatic carbocycles. The van der Waals surface area contributed by atoms with Gasteiger partial charge in [0.1, 0.15) is 18.0 Å². The van der Waals surface area contributed by atoms with Crippen LogP contribution in [0.25, 0.3) is 0 Å². The van der Waals surface area contributed by atoms with Gasteiger partial charge in [0.15, 0.2) is 0 Å². The Morgan fingerprint density at radius 1 is 1.00 bits per heavy atom. The van der Waals surface area contributed by atoms with Crippen LogP contribution >= 0.6 is 13.5 Å². The number of nitrogens with zero attached hydrogens (tertiary/aromatic N) is 3. The van der Waals surface area contributed by atoms with E-state index in [1.807, 2.05) is 0 Å². The Morgan fingerprint density at radius 3 is 2.22 bits per heavy atom. The zero-order valence-corrected chi connectivity index (χ0v) is 24.4. The average Bonchev–Trinajstić information content (AvgIpc) is 3.48. The number of amides is 3. The van der Waals surface area contributed by atoms with Crippen LogP contribution in [0.2, 0.25) is 0 Å². The van der Waals surface area contributed by atoms with Crippen LogP contribution in [0.1, 0.15) is 71.6 Å². The van der Waals surface area contributed by atoms with E-state index in [4.69, 9.17) is 14.3 Å². The maximum absolute atomic E-state index is 12.9. The number of carbonyl (C=O) groups is 4. The van der Waals surface area contributed by atoms with Crippen molar-refractivity contribution >= 4 is 42.9 Å². The maximum atomic E-state index is 12.9. The lowest BCUT2D eigenvalue weighted by molar-refractivity contribution is -0.193. The Labute approximate surface area is 245 Å². The van der Waals surface area contributed by atoms with Crippen LogP contribution in [0.4, 0.5) is 5.69 Å². The van der Waals surface area contributed by atoms with Gasteiger partial charge >= 0.3 is 5.97 Å². The summed E-state index contributed by atoms with van der Waals surface area (Å²) in [7, 11) is 0. The van der Waals surface area contributed by atoms with Crippen LogP contribution < -0.4 is 10.1 Å². The number of anilines is 1. The molecule has 0 saturated carbocycles. The molecule has 1 aliphatic rings. The van der Waals surface area contributed by atoms with Crippen LogP contribution in [-0.4, -0.2) is 56.8 Å². The number of ether oxygens (including phenoxy) is 2. The number of imide groups is 1. The van der Waals surface area contributed by atoms with Gasteiger partial charge in [-0.05, 0) is 63.6 Å². The quantitative estimate of drug-likeness (QED) is 0.261. The number of aryl methyl sites for hydroxylation is 1. The van der Waals surface area contributed by atoms with E-state index in [2.05, 4.69) is 17.3 Å². The predicted octanol–water partition coefficient (Wildman–Crippen LogP) is 4.37. The zero-order valence-electron chi connectivity index (χ0n) is 23.4. The van der Waals surface area contributed by atoms with E-state index in [0.29, 0.717) is 22.1 Å². The third-order valence-corrected chi connectivity index (χ3v) is 5.81. The molecule has 0 radical (unpaired) electrons. The van der Waals surface area contributed by atoms with Gasteiger partial charge in [-0.25, -0.2) is 9.63 Å². The number of fused-ring (bicyclic) bond motifs is 1. The monoisotopic (exact) mass is 582 g/mol. The van der Waals surface area contributed by atoms with Gasteiger partial charge in [-0.3, -0.25) is 19.1 Å². The number of hydroxylamine groups is 2. The summed E-state index contributed by atoms with van der Waals surface area (Å²) in [6.07, 6.45) is 3.82. The normalized spacial score (nSPS) is 13.3. The molecular formula is C29H34N4O7S. The van der Waals surface area contributed by atoms with Gasteiger partial charge in [-0.2, -0.15) is 18.6 Å². The molecule has 0 spiro atoms. The number of carbonyl (C=O) groups excluding carboxylic acids is 4. The highest BCUT2D eigenvalue weighted by molar-refractivity contribution is 7.59. The fourth-order valence-electron chi connectivity index (χ4n) is 3.83. The lowest BCUT2D eigenvalue weighted by Gasteiger charge is -2.26. The molecule has 0 unspecified atom stereocenters. The van der Waals surface area contributed by atoms with Gasteiger partial charge in [0.2, 0.25) is 6.10 Å². The largest absolute Gasteiger partial charge is 0.490 e. The Balaban J connectivity index is 0.00000462. The number of hydrogen-bond acceptors (Lipinski definition) is 8. The van der Waals surface area contributed by atoms with Gasteiger partial charge in [0, 0.05) is 18.4 Å². The van der Waals surface area contributed by atoms with E-state index >= 15 is 0 Å². The summed E-state index contributed by atoms with van der Waals surface area (Å²) < 4.78 is 12.9. The summed E-state index contributed by atoms with van der Waals surface area (Å²) >= 11 is 0. The third kappa shape index (κ3) is 7.95. The van der Waals surface area contributed by atoms with Crippen molar-refractivity contribution < 1.29 is 33.5 Å². The summed E-state index contributed by atoms with van der Waals surface area (Å²) in [5, 5.41) is 7.57. The van der Waals surface area contributed by atoms with E-state index in [0.717, 1.165) is 19.4 Å². The van der Waals surface area contributed by atoms with Gasteiger partial charge in [-0.1, -0.05) is 25.5 Å². The van der Waals surface area contributed by atoms with Crippen LogP contribution in [-0.2, 0) is 20.9 Å². The van der Waals surface area contributed by atoms with Gasteiger partial charge < -0.3 is 14.8 Å². The molecule has 1 N–H and O–H groups in total. The molecule has 12 heteroatoms. The number of unbranched alkanes of at least 4 members (excludes halogenated alkanes) is 1. The van der Waals surface area contributed by atoms with Gasteiger partial charge in [-0.15, -0.1) is 5.06 Å². The second kappa shape index (κ2) is 13.5. The second-order valence-corrected chi connectivity index (χ2v) is 10.2. The number of rotatable bonds is 11. The number of esters is 1. The lowest BCUT2D eigenvalue weighted by atomic mass is 10.1. The van der Waals surface area contributed by atoms with E-state index < -0.39 is 29.5 Å². The molecule has 4 rings (SSSR count). The number of benzene rings is 2. The first-order valence-corrected chi connectivity index (χ1v) is 13.0. The molecule has 41 heavy (non-hydrogen) atoms. The third-order valence-electron chi connectivity index (χ3n) is 5.81. The average molecular weight is 583 g/mol. The van der Waals surface area contributed by atoms with Crippen molar-refractivity contribution in [1.82, 2.24) is 14.8 Å². The molecule has 218 valence electrons. The van der Waals surface area contributed by atoms with E-state index in [1.54, 1.807) is 68.0 Å². The first-order valence-electron chi connectivity index (χ1n) is 13.0. The molecule has 1 atom stereocenters. The highest BCUT2D eigenvalue weighted by Gasteiger charge is 2.40. The van der Waals surface area contributed by atoms with Crippen molar-refractivity contribution in [3.05, 3.63) is 77.6 Å². The predicted molar refractivity (Wildman–Crippen MR) is 155 cm³/mol. The number of hydrogen-bond donors (Lipinski definition) is 1. The molecule has 2 aromatic carbocycles. The second-order valence-electron chi connectivity index (χ2n) is 10.2. The van der Waals surface area contributed by atoms with Crippen molar-refractivity contribution in [2.45, 2.75) is 58.8 Å². The van der Waals surface area contributed by atoms with E-state index in [9.17, 15) is 19.2 Å². The molecule has 1 aliphatic heterocycles. The Hall–Kier alpha value is -4.16. The van der Waals surface area contributed by atoms with Crippen LogP contribution in [0.5, 0.6) is 5.75 Å². The first kappa shape index (κ1) is 31.4. The van der Waals surface area contributed by atoms with E-state index in [-0.39, 0.29) is 37.1 Å². The lowest BCUT2D eigenvalue weighted by Crippen LogP contribution is -2.43. The molecule has 0 bridgehead atoms. The van der Waals surface area contributed by atoms with Crippen molar-refractivity contribution in [3.63, 3.8) is 0 Å². The molecule has 3 amide bonds. The summed E-state index contributed by atoms with van der Waals surface area (Å²) in [5.74, 6) is -2.08. The highest BCUT2D eigenvalue weighted by atomic mass is 32.1. The summed E-state index contributed by atoms with van der Waals surface area (Å²) in [6.45, 7) is 7.56. The van der Waals surface area contributed by atoms with Gasteiger partial charge in [0.25, 0.3) is 17.7 Å². The molecule has 0 fully saturated rings. The minimum atomic E-state index is -1.41. The minimum Gasteiger partial charge on any atom is -0.490 e. The smallest absolute Gasteiger partial charge is 0.342 e. The molecule has 3 aromatic rings. The summed E-state index contributed by atoms with van der Waals surface area (Å²) in [5.41, 5.74) is 0.503. The Morgan fingerprint density at radius 2 is 1.63 bits per heavy atom. The molecule has 0 saturated heterocycles. The summed E-state index contributed by atoms with van der Waals surface area (Å²) in [4.78, 5) is 56.5. The highest BCUT2D eigenvalue weighted by Crippen LogP contribution is 2.25. The van der Waals surface area contributed by atoms with E-state index in [1.165, 1.54) is 18.3 Å². The topological polar surface area (TPSA) is 129 Å². The van der Waals surface area contributed by atoms with Crippen LogP contribution in [0.15, 0.2) is 60.9 Å². The fourth-order valence-corrected chi connectivity index (χ4v) is 3.83. The van der Waals surface area contributed by atoms with Crippen molar-refractivity contribution in [2.24, 2.45) is 0 Å². The standard InChI is InChI=1S/C29H32N4O7.H2S/c1-5-6-15-32-17-19(16-30-32)25(34)31-20-11-13-21(14-12-20)38-18-24(28(37)39-29(2,3)4)40-33-26(35)22-9-7-8-10-23(22)27(33)36;/h7-14,16-17,24H,5-6,15,18H2,1-4H3,(H,31,34);1H2/t24-;/m0./s1. The minimum absolute atomic E-state index is 0. The Bertz CT molecular complexity index is 1360. The molecular weight excluding hydrogens is 548 g/mol. The maximum Gasteiger partial charge on any atom is 0.342 e.